The molecule has 0 saturated heterocycles. The zero-order chi connectivity index (χ0) is 17.4. The molecule has 0 bridgehead atoms. The molecule has 23 heavy (non-hydrogen) atoms. The normalized spacial score (nSPS) is 10.6. The van der Waals surface area contributed by atoms with Crippen LogP contribution in [0.1, 0.15) is 36.1 Å². The topological polar surface area (TPSA) is 0 Å². The molecule has 0 spiro atoms. The first-order valence-corrected chi connectivity index (χ1v) is 8.06. The summed E-state index contributed by atoms with van der Waals surface area (Å²) in [5, 5.41) is 0. The van der Waals surface area contributed by atoms with Gasteiger partial charge in [-0.3, -0.25) is 0 Å². The van der Waals surface area contributed by atoms with Crippen molar-refractivity contribution in [3.05, 3.63) is 76.9 Å². The van der Waals surface area contributed by atoms with Gasteiger partial charge in [0.25, 0.3) is 0 Å². The van der Waals surface area contributed by atoms with Gasteiger partial charge in [0.15, 0.2) is 0 Å². The van der Waals surface area contributed by atoms with Crippen LogP contribution >= 0.6 is 12.6 Å². The summed E-state index contributed by atoms with van der Waals surface area (Å²) in [6, 6.07) is 14.8. The van der Waals surface area contributed by atoms with Gasteiger partial charge in [-0.25, -0.2) is 0 Å². The maximum absolute atomic E-state index is 4.40. The molecule has 2 aromatic carbocycles. The van der Waals surface area contributed by atoms with Gasteiger partial charge in [0.1, 0.15) is 0 Å². The summed E-state index contributed by atoms with van der Waals surface area (Å²) >= 11 is 4.40. The number of terminal acetylenes is 1. The molecule has 0 atom stereocenters. The molecule has 0 unspecified atom stereocenters. The summed E-state index contributed by atoms with van der Waals surface area (Å²) in [6.45, 7) is 10.7. The summed E-state index contributed by atoms with van der Waals surface area (Å²) in [4.78, 5) is 0.964. The molecule has 2 rings (SSSR count). The molecular weight excluding hydrogens is 296 g/mol. The quantitative estimate of drug-likeness (QED) is 0.386. The van der Waals surface area contributed by atoms with Crippen molar-refractivity contribution >= 4 is 24.3 Å². The number of allylic oxidation sites excluding steroid dienone is 2. The van der Waals surface area contributed by atoms with E-state index in [9.17, 15) is 0 Å². The van der Waals surface area contributed by atoms with E-state index in [0.717, 1.165) is 22.5 Å². The highest BCUT2D eigenvalue weighted by molar-refractivity contribution is 7.80. The van der Waals surface area contributed by atoms with Gasteiger partial charge < -0.3 is 0 Å². The zero-order valence-electron chi connectivity index (χ0n) is 14.1. The van der Waals surface area contributed by atoms with Crippen LogP contribution in [0.25, 0.3) is 11.6 Å². The maximum atomic E-state index is 4.40. The molecule has 0 radical (unpaired) electrons. The van der Waals surface area contributed by atoms with Crippen molar-refractivity contribution in [1.82, 2.24) is 0 Å². The highest BCUT2D eigenvalue weighted by Crippen LogP contribution is 2.25. The zero-order valence-corrected chi connectivity index (χ0v) is 15.0. The van der Waals surface area contributed by atoms with Gasteiger partial charge >= 0.3 is 0 Å². The molecular formula is C22H24S. The number of aryl methyl sites for hydroxylation is 2. The van der Waals surface area contributed by atoms with E-state index in [1.54, 1.807) is 0 Å². The van der Waals surface area contributed by atoms with E-state index >= 15 is 0 Å². The van der Waals surface area contributed by atoms with Gasteiger partial charge in [-0.15, -0.1) is 25.5 Å². The lowest BCUT2D eigenvalue weighted by Crippen LogP contribution is -1.89. The second kappa shape index (κ2) is 9.08. The van der Waals surface area contributed by atoms with Gasteiger partial charge in [0, 0.05) is 4.90 Å². The number of thiol groups is 1. The Morgan fingerprint density at radius 2 is 1.87 bits per heavy atom. The Kier molecular flexibility index (Phi) is 7.45. The highest BCUT2D eigenvalue weighted by Gasteiger charge is 2.04. The van der Waals surface area contributed by atoms with Crippen LogP contribution in [-0.4, -0.2) is 0 Å². The van der Waals surface area contributed by atoms with Gasteiger partial charge in [-0.1, -0.05) is 49.9 Å². The standard InChI is InChI=1S/C20H22S.C2H2/c1-5-17-10-9-14(2)19(12-17)11-15(3)16(4)18-7-6-8-20(21)13-18;1-2/h6-13,21H,4-5H2,1-3H3;1-2H/b15-11+;. The molecule has 0 N–H and O–H groups in total. The van der Waals surface area contributed by atoms with Gasteiger partial charge in [-0.05, 0) is 65.8 Å². The Hall–Kier alpha value is -2.17. The van der Waals surface area contributed by atoms with Crippen molar-refractivity contribution in [3.63, 3.8) is 0 Å². The molecule has 1 heteroatoms. The van der Waals surface area contributed by atoms with Crippen molar-refractivity contribution in [1.29, 1.82) is 0 Å². The molecule has 0 aliphatic rings. The summed E-state index contributed by atoms with van der Waals surface area (Å²) in [6.07, 6.45) is 11.3. The Bertz CT molecular complexity index is 733. The Morgan fingerprint density at radius 3 is 2.48 bits per heavy atom. The Morgan fingerprint density at radius 1 is 1.17 bits per heavy atom. The van der Waals surface area contributed by atoms with E-state index in [1.165, 1.54) is 22.3 Å². The third kappa shape index (κ3) is 5.20. The van der Waals surface area contributed by atoms with Crippen LogP contribution in [0.4, 0.5) is 0 Å². The molecule has 2 aromatic rings. The minimum absolute atomic E-state index is 0.964. The maximum Gasteiger partial charge on any atom is 0.00461 e. The SMILES string of the molecule is C#C.C=C(/C(C)=C/c1cc(CC)ccc1C)c1cccc(S)c1. The second-order valence-electron chi connectivity index (χ2n) is 5.40. The lowest BCUT2D eigenvalue weighted by Gasteiger charge is -2.10. The molecule has 0 aromatic heterocycles. The first-order chi connectivity index (χ1) is 11.0. The number of benzene rings is 2. The molecule has 0 heterocycles. The lowest BCUT2D eigenvalue weighted by molar-refractivity contribution is 1.13. The minimum atomic E-state index is 0.964. The summed E-state index contributed by atoms with van der Waals surface area (Å²) < 4.78 is 0. The van der Waals surface area contributed by atoms with Gasteiger partial charge in [-0.2, -0.15) is 0 Å². The third-order valence-corrected chi connectivity index (χ3v) is 4.07. The number of hydrogen-bond donors (Lipinski definition) is 1. The molecule has 0 aliphatic carbocycles. The van der Waals surface area contributed by atoms with E-state index in [-0.39, 0.29) is 0 Å². The molecule has 0 aliphatic heterocycles. The average Bonchev–Trinajstić information content (AvgIpc) is 2.58. The van der Waals surface area contributed by atoms with Crippen molar-refractivity contribution in [2.45, 2.75) is 32.1 Å². The predicted molar refractivity (Wildman–Crippen MR) is 107 cm³/mol. The van der Waals surface area contributed by atoms with E-state index < -0.39 is 0 Å². The van der Waals surface area contributed by atoms with E-state index in [1.807, 2.05) is 12.1 Å². The lowest BCUT2D eigenvalue weighted by atomic mass is 9.96. The smallest absolute Gasteiger partial charge is 0.00461 e. The molecule has 0 nitrogen and oxygen atoms in total. The van der Waals surface area contributed by atoms with Crippen LogP contribution in [0.5, 0.6) is 0 Å². The summed E-state index contributed by atoms with van der Waals surface area (Å²) in [7, 11) is 0. The van der Waals surface area contributed by atoms with Crippen LogP contribution in [0, 0.1) is 19.8 Å². The molecule has 0 saturated carbocycles. The largest absolute Gasteiger partial charge is 0.143 e. The van der Waals surface area contributed by atoms with Crippen LogP contribution in [-0.2, 0) is 6.42 Å². The summed E-state index contributed by atoms with van der Waals surface area (Å²) in [5.74, 6) is 0. The Balaban J connectivity index is 0.00000127. The van der Waals surface area contributed by atoms with Crippen LogP contribution in [0.2, 0.25) is 0 Å². The van der Waals surface area contributed by atoms with Crippen molar-refractivity contribution in [3.8, 4) is 12.8 Å². The highest BCUT2D eigenvalue weighted by atomic mass is 32.1. The first kappa shape index (κ1) is 18.9. The van der Waals surface area contributed by atoms with Crippen LogP contribution in [0.15, 0.2) is 59.5 Å². The van der Waals surface area contributed by atoms with Crippen molar-refractivity contribution in [2.24, 2.45) is 0 Å². The monoisotopic (exact) mass is 320 g/mol. The van der Waals surface area contributed by atoms with E-state index in [0.29, 0.717) is 0 Å². The van der Waals surface area contributed by atoms with E-state index in [2.05, 4.69) is 89.2 Å². The van der Waals surface area contributed by atoms with Crippen LogP contribution < -0.4 is 0 Å². The van der Waals surface area contributed by atoms with Gasteiger partial charge in [0.2, 0.25) is 0 Å². The third-order valence-electron chi connectivity index (χ3n) is 3.79. The fourth-order valence-electron chi connectivity index (χ4n) is 2.31. The second-order valence-corrected chi connectivity index (χ2v) is 5.92. The van der Waals surface area contributed by atoms with E-state index in [4.69, 9.17) is 0 Å². The Labute approximate surface area is 146 Å². The molecule has 0 fully saturated rings. The first-order valence-electron chi connectivity index (χ1n) is 7.61. The molecule has 118 valence electrons. The molecule has 0 amide bonds. The predicted octanol–water partition coefficient (Wildman–Crippen LogP) is 6.21. The van der Waals surface area contributed by atoms with Crippen LogP contribution in [0.3, 0.4) is 0 Å². The number of hydrogen-bond acceptors (Lipinski definition) is 1. The van der Waals surface area contributed by atoms with Gasteiger partial charge in [0.05, 0.1) is 0 Å². The van der Waals surface area contributed by atoms with Crippen molar-refractivity contribution < 1.29 is 0 Å². The fraction of sp³-hybridized carbons (Fsp3) is 0.182. The average molecular weight is 321 g/mol. The fourth-order valence-corrected chi connectivity index (χ4v) is 2.53. The number of rotatable bonds is 4. The minimum Gasteiger partial charge on any atom is -0.143 e. The van der Waals surface area contributed by atoms with Crippen molar-refractivity contribution in [2.75, 3.05) is 0 Å². The summed E-state index contributed by atoms with van der Waals surface area (Å²) in [5.41, 5.74) is 7.29.